The topological polar surface area (TPSA) is 79.3 Å². The van der Waals surface area contributed by atoms with E-state index >= 15 is 0 Å². The summed E-state index contributed by atoms with van der Waals surface area (Å²) >= 11 is 0. The maximum Gasteiger partial charge on any atom is 0.248 e. The van der Waals surface area contributed by atoms with E-state index < -0.39 is 5.54 Å². The number of hydrogen-bond acceptors (Lipinski definition) is 4. The first-order valence-electron chi connectivity index (χ1n) is 9.26. The first-order valence-corrected chi connectivity index (χ1v) is 9.26. The Labute approximate surface area is 161 Å². The van der Waals surface area contributed by atoms with Crippen LogP contribution in [0.25, 0.3) is 0 Å². The number of halogens is 1. The van der Waals surface area contributed by atoms with Crippen molar-refractivity contribution in [1.82, 2.24) is 25.3 Å². The van der Waals surface area contributed by atoms with Crippen LogP contribution in [0, 0.1) is 5.92 Å². The Balaban J connectivity index is 0.00000243. The maximum atomic E-state index is 13.2. The highest BCUT2D eigenvalue weighted by Crippen LogP contribution is 2.30. The van der Waals surface area contributed by atoms with Gasteiger partial charge in [-0.2, -0.15) is 5.10 Å². The fourth-order valence-electron chi connectivity index (χ4n) is 4.15. The molecule has 2 fully saturated rings. The van der Waals surface area contributed by atoms with Crippen LogP contribution < -0.4 is 10.6 Å². The van der Waals surface area contributed by atoms with Crippen LogP contribution in [0.4, 0.5) is 0 Å². The van der Waals surface area contributed by atoms with Gasteiger partial charge in [0.05, 0.1) is 0 Å². The van der Waals surface area contributed by atoms with E-state index in [9.17, 15) is 9.59 Å². The second kappa shape index (κ2) is 8.86. The maximum absolute atomic E-state index is 13.2. The quantitative estimate of drug-likeness (QED) is 0.817. The Morgan fingerprint density at radius 3 is 2.62 bits per heavy atom. The second-order valence-electron chi connectivity index (χ2n) is 7.50. The van der Waals surface area contributed by atoms with Crippen LogP contribution in [-0.4, -0.2) is 59.7 Å². The van der Waals surface area contributed by atoms with Crippen molar-refractivity contribution in [3.05, 3.63) is 18.5 Å². The summed E-state index contributed by atoms with van der Waals surface area (Å²) in [6, 6.07) is 1.93. The van der Waals surface area contributed by atoms with Crippen LogP contribution in [0.15, 0.2) is 18.5 Å². The van der Waals surface area contributed by atoms with Gasteiger partial charge in [-0.1, -0.05) is 6.42 Å². The van der Waals surface area contributed by atoms with Crippen LogP contribution in [0.3, 0.4) is 0 Å². The van der Waals surface area contributed by atoms with Gasteiger partial charge in [-0.25, -0.2) is 0 Å². The monoisotopic (exact) mass is 383 g/mol. The van der Waals surface area contributed by atoms with Crippen molar-refractivity contribution in [3.8, 4) is 0 Å². The first-order chi connectivity index (χ1) is 12.0. The van der Waals surface area contributed by atoms with Gasteiger partial charge in [-0.15, -0.1) is 12.4 Å². The molecule has 2 N–H and O–H groups in total. The van der Waals surface area contributed by atoms with Gasteiger partial charge in [0.25, 0.3) is 0 Å². The molecule has 1 aliphatic heterocycles. The zero-order valence-corrected chi connectivity index (χ0v) is 16.4. The van der Waals surface area contributed by atoms with E-state index in [0.717, 1.165) is 51.6 Å². The molecule has 1 aromatic heterocycles. The number of nitrogens with one attached hydrogen (secondary N) is 2. The standard InChI is InChI=1S/C18H29N5O2.ClH/c1-22(2)16(24)14-5-3-6-15(13-14)21-17(25)18(7-10-19-11-8-18)23-12-4-9-20-23;/h4,9,12,14-15,19H,3,5-8,10-11,13H2,1-2H3,(H,21,25);1H. The molecule has 0 radical (unpaired) electrons. The fraction of sp³-hybridized carbons (Fsp3) is 0.722. The molecule has 2 atom stereocenters. The zero-order valence-electron chi connectivity index (χ0n) is 15.6. The highest BCUT2D eigenvalue weighted by Gasteiger charge is 2.43. The second-order valence-corrected chi connectivity index (χ2v) is 7.50. The number of carbonyl (C=O) groups excluding carboxylic acids is 2. The molecule has 0 aromatic carbocycles. The summed E-state index contributed by atoms with van der Waals surface area (Å²) in [6.07, 6.45) is 8.63. The molecule has 7 nitrogen and oxygen atoms in total. The molecular weight excluding hydrogens is 354 g/mol. The molecule has 3 rings (SSSR count). The third kappa shape index (κ3) is 4.20. The molecule has 2 heterocycles. The molecule has 146 valence electrons. The molecular formula is C18H30ClN5O2. The van der Waals surface area contributed by atoms with Crippen molar-refractivity contribution in [2.45, 2.75) is 50.1 Å². The number of hydrogen-bond donors (Lipinski definition) is 2. The lowest BCUT2D eigenvalue weighted by molar-refractivity contribution is -0.136. The molecule has 8 heteroatoms. The van der Waals surface area contributed by atoms with E-state index in [2.05, 4.69) is 15.7 Å². The lowest BCUT2D eigenvalue weighted by Crippen LogP contribution is -2.57. The Morgan fingerprint density at radius 1 is 1.27 bits per heavy atom. The van der Waals surface area contributed by atoms with Crippen molar-refractivity contribution in [2.24, 2.45) is 5.92 Å². The van der Waals surface area contributed by atoms with Gasteiger partial charge in [0.2, 0.25) is 11.8 Å². The minimum Gasteiger partial charge on any atom is -0.351 e. The highest BCUT2D eigenvalue weighted by atomic mass is 35.5. The number of carbonyl (C=O) groups is 2. The molecule has 1 aromatic rings. The van der Waals surface area contributed by atoms with Crippen molar-refractivity contribution in [2.75, 3.05) is 27.2 Å². The van der Waals surface area contributed by atoms with E-state index in [1.165, 1.54) is 0 Å². The molecule has 0 bridgehead atoms. The minimum atomic E-state index is -0.618. The summed E-state index contributed by atoms with van der Waals surface area (Å²) in [5.74, 6) is 0.228. The largest absolute Gasteiger partial charge is 0.351 e. The smallest absolute Gasteiger partial charge is 0.248 e. The normalized spacial score (nSPS) is 25.0. The van der Waals surface area contributed by atoms with Gasteiger partial charge in [0.15, 0.2) is 0 Å². The van der Waals surface area contributed by atoms with E-state index in [-0.39, 0.29) is 36.2 Å². The predicted molar refractivity (Wildman–Crippen MR) is 102 cm³/mol. The molecule has 1 aliphatic carbocycles. The summed E-state index contributed by atoms with van der Waals surface area (Å²) in [4.78, 5) is 27.1. The van der Waals surface area contributed by atoms with Crippen LogP contribution in [0.5, 0.6) is 0 Å². The highest BCUT2D eigenvalue weighted by molar-refractivity contribution is 5.85. The lowest BCUT2D eigenvalue weighted by Gasteiger charge is -2.39. The third-order valence-corrected chi connectivity index (χ3v) is 5.60. The number of nitrogens with zero attached hydrogens (tertiary/aromatic N) is 3. The Kier molecular flexibility index (Phi) is 7.06. The molecule has 1 saturated heterocycles. The first kappa shape index (κ1) is 20.7. The summed E-state index contributed by atoms with van der Waals surface area (Å²) in [5, 5.41) is 10.9. The SMILES string of the molecule is CN(C)C(=O)C1CCCC(NC(=O)C2(n3cccn3)CCNCC2)C1.Cl. The molecule has 1 saturated carbocycles. The van der Waals surface area contributed by atoms with E-state index in [0.29, 0.717) is 0 Å². The van der Waals surface area contributed by atoms with Crippen molar-refractivity contribution < 1.29 is 9.59 Å². The Morgan fingerprint density at radius 2 is 2.00 bits per heavy atom. The van der Waals surface area contributed by atoms with Crippen LogP contribution >= 0.6 is 12.4 Å². The lowest BCUT2D eigenvalue weighted by atomic mass is 9.83. The van der Waals surface area contributed by atoms with Gasteiger partial charge in [0.1, 0.15) is 5.54 Å². The van der Waals surface area contributed by atoms with Crippen LogP contribution in [-0.2, 0) is 15.1 Å². The molecule has 0 spiro atoms. The van der Waals surface area contributed by atoms with Gasteiger partial charge in [0, 0.05) is 38.4 Å². The minimum absolute atomic E-state index is 0. The van der Waals surface area contributed by atoms with E-state index in [1.54, 1.807) is 25.2 Å². The molecule has 2 amide bonds. The fourth-order valence-corrected chi connectivity index (χ4v) is 4.15. The van der Waals surface area contributed by atoms with Crippen molar-refractivity contribution >= 4 is 24.2 Å². The van der Waals surface area contributed by atoms with Crippen molar-refractivity contribution in [1.29, 1.82) is 0 Å². The summed E-state index contributed by atoms with van der Waals surface area (Å²) in [6.45, 7) is 1.61. The predicted octanol–water partition coefficient (Wildman–Crippen LogP) is 1.15. The number of piperidine rings is 1. The zero-order chi connectivity index (χ0) is 17.9. The third-order valence-electron chi connectivity index (χ3n) is 5.60. The van der Waals surface area contributed by atoms with Gasteiger partial charge in [-0.3, -0.25) is 14.3 Å². The number of aromatic nitrogens is 2. The van der Waals surface area contributed by atoms with Crippen molar-refractivity contribution in [3.63, 3.8) is 0 Å². The average molecular weight is 384 g/mol. The molecule has 2 aliphatic rings. The number of rotatable bonds is 4. The van der Waals surface area contributed by atoms with E-state index in [4.69, 9.17) is 0 Å². The summed E-state index contributed by atoms with van der Waals surface area (Å²) < 4.78 is 1.81. The van der Waals surface area contributed by atoms with Gasteiger partial charge < -0.3 is 15.5 Å². The Hall–Kier alpha value is -1.60. The Bertz CT molecular complexity index is 599. The van der Waals surface area contributed by atoms with Crippen LogP contribution in [0.1, 0.15) is 38.5 Å². The average Bonchev–Trinajstić information content (AvgIpc) is 3.17. The summed E-state index contributed by atoms with van der Waals surface area (Å²) in [7, 11) is 3.60. The number of amides is 2. The van der Waals surface area contributed by atoms with Gasteiger partial charge in [-0.05, 0) is 51.3 Å². The molecule has 2 unspecified atom stereocenters. The van der Waals surface area contributed by atoms with E-state index in [1.807, 2.05) is 16.9 Å². The van der Waals surface area contributed by atoms with Crippen LogP contribution in [0.2, 0.25) is 0 Å². The van der Waals surface area contributed by atoms with Gasteiger partial charge >= 0.3 is 0 Å². The molecule has 26 heavy (non-hydrogen) atoms. The summed E-state index contributed by atoms with van der Waals surface area (Å²) in [5.41, 5.74) is -0.618.